The fourth-order valence-electron chi connectivity index (χ4n) is 2.82. The number of halogens is 2. The zero-order valence-corrected chi connectivity index (χ0v) is 19.3. The maximum atomic E-state index is 13.1. The van der Waals surface area contributed by atoms with Crippen LogP contribution in [0.4, 0.5) is 0 Å². The van der Waals surface area contributed by atoms with Gasteiger partial charge in [-0.15, -0.1) is 0 Å². The molecule has 1 N–H and O–H groups in total. The van der Waals surface area contributed by atoms with E-state index in [9.17, 15) is 9.59 Å². The summed E-state index contributed by atoms with van der Waals surface area (Å²) < 4.78 is 5.72. The smallest absolute Gasteiger partial charge is 0.261 e. The van der Waals surface area contributed by atoms with E-state index in [-0.39, 0.29) is 31.0 Å². The van der Waals surface area contributed by atoms with Crippen LogP contribution in [0, 0.1) is 6.92 Å². The minimum Gasteiger partial charge on any atom is -0.484 e. The second-order valence-corrected chi connectivity index (χ2v) is 8.15. The third-order valence-electron chi connectivity index (χ3n) is 4.97. The van der Waals surface area contributed by atoms with Crippen LogP contribution in [0.5, 0.6) is 5.75 Å². The molecule has 0 spiro atoms. The van der Waals surface area contributed by atoms with E-state index in [4.69, 9.17) is 27.9 Å². The number of nitrogens with one attached hydrogen (secondary N) is 1. The highest BCUT2D eigenvalue weighted by molar-refractivity contribution is 6.35. The Kier molecular flexibility index (Phi) is 9.00. The highest BCUT2D eigenvalue weighted by atomic mass is 35.5. The molecule has 2 amide bonds. The molecule has 2 rings (SSSR count). The Morgan fingerprint density at radius 3 is 2.47 bits per heavy atom. The van der Waals surface area contributed by atoms with Crippen molar-refractivity contribution in [3.8, 4) is 5.75 Å². The molecule has 0 aliphatic heterocycles. The predicted octanol–water partition coefficient (Wildman–Crippen LogP) is 5.01. The average molecular weight is 451 g/mol. The fraction of sp³-hybridized carbons (Fsp3) is 0.391. The van der Waals surface area contributed by atoms with Gasteiger partial charge in [0, 0.05) is 22.6 Å². The normalized spacial score (nSPS) is 12.7. The summed E-state index contributed by atoms with van der Waals surface area (Å²) in [6, 6.07) is 11.9. The van der Waals surface area contributed by atoms with Gasteiger partial charge in [0.1, 0.15) is 11.8 Å². The number of para-hydroxylation sites is 1. The molecule has 0 fully saturated rings. The number of benzene rings is 2. The molecule has 0 saturated heterocycles. The Labute approximate surface area is 188 Å². The highest BCUT2D eigenvalue weighted by Gasteiger charge is 2.27. The van der Waals surface area contributed by atoms with Crippen LogP contribution in [-0.2, 0) is 16.1 Å². The molecule has 2 aromatic carbocycles. The van der Waals surface area contributed by atoms with Gasteiger partial charge >= 0.3 is 0 Å². The Hall–Kier alpha value is -2.24. The summed E-state index contributed by atoms with van der Waals surface area (Å²) in [6.45, 7) is 7.51. The van der Waals surface area contributed by atoms with Crippen molar-refractivity contribution >= 4 is 35.0 Å². The zero-order chi connectivity index (χ0) is 22.3. The third kappa shape index (κ3) is 6.64. The van der Waals surface area contributed by atoms with Crippen molar-refractivity contribution in [2.75, 3.05) is 6.61 Å². The lowest BCUT2D eigenvalue weighted by molar-refractivity contribution is -0.142. The number of carbonyl (C=O) groups is 2. The maximum Gasteiger partial charge on any atom is 0.261 e. The summed E-state index contributed by atoms with van der Waals surface area (Å²) >= 11 is 12.3. The van der Waals surface area contributed by atoms with Crippen molar-refractivity contribution in [1.29, 1.82) is 0 Å². The van der Waals surface area contributed by atoms with Crippen LogP contribution in [0.25, 0.3) is 0 Å². The molecule has 2 aromatic rings. The van der Waals surface area contributed by atoms with Gasteiger partial charge in [0.25, 0.3) is 5.91 Å². The van der Waals surface area contributed by atoms with Crippen LogP contribution < -0.4 is 10.1 Å². The lowest BCUT2D eigenvalue weighted by atomic mass is 10.1. The second kappa shape index (κ2) is 11.2. The van der Waals surface area contributed by atoms with Gasteiger partial charge in [-0.3, -0.25) is 9.59 Å². The van der Waals surface area contributed by atoms with Crippen LogP contribution in [0.15, 0.2) is 42.5 Å². The van der Waals surface area contributed by atoms with E-state index >= 15 is 0 Å². The van der Waals surface area contributed by atoms with Gasteiger partial charge in [-0.1, -0.05) is 54.4 Å². The molecule has 162 valence electrons. The fourth-order valence-corrected chi connectivity index (χ4v) is 3.29. The number of hydrogen-bond acceptors (Lipinski definition) is 3. The number of amides is 2. The molecule has 7 heteroatoms. The van der Waals surface area contributed by atoms with Crippen LogP contribution in [0.2, 0.25) is 10.0 Å². The largest absolute Gasteiger partial charge is 0.484 e. The van der Waals surface area contributed by atoms with Crippen LogP contribution in [0.3, 0.4) is 0 Å². The number of ether oxygens (including phenoxy) is 1. The minimum absolute atomic E-state index is 0.0132. The van der Waals surface area contributed by atoms with E-state index in [2.05, 4.69) is 5.32 Å². The quantitative estimate of drug-likeness (QED) is 0.583. The summed E-state index contributed by atoms with van der Waals surface area (Å²) in [5.74, 6) is 0.0989. The molecule has 0 radical (unpaired) electrons. The van der Waals surface area contributed by atoms with Crippen molar-refractivity contribution in [2.45, 2.75) is 52.7 Å². The van der Waals surface area contributed by atoms with Crippen LogP contribution in [-0.4, -0.2) is 35.4 Å². The summed E-state index contributed by atoms with van der Waals surface area (Å²) in [7, 11) is 0. The van der Waals surface area contributed by atoms with Crippen molar-refractivity contribution in [3.05, 3.63) is 63.6 Å². The predicted molar refractivity (Wildman–Crippen MR) is 121 cm³/mol. The van der Waals surface area contributed by atoms with E-state index in [0.717, 1.165) is 12.0 Å². The van der Waals surface area contributed by atoms with E-state index in [0.29, 0.717) is 21.4 Å². The molecule has 0 heterocycles. The Bertz CT molecular complexity index is 889. The number of aryl methyl sites for hydroxylation is 1. The highest BCUT2D eigenvalue weighted by Crippen LogP contribution is 2.23. The van der Waals surface area contributed by atoms with Gasteiger partial charge in [0.05, 0.1) is 0 Å². The minimum atomic E-state index is -0.696. The van der Waals surface area contributed by atoms with Crippen molar-refractivity contribution in [2.24, 2.45) is 0 Å². The molecule has 0 bridgehead atoms. The molecule has 0 aromatic heterocycles. The first-order chi connectivity index (χ1) is 14.2. The van der Waals surface area contributed by atoms with Crippen molar-refractivity contribution in [3.63, 3.8) is 0 Å². The molecule has 30 heavy (non-hydrogen) atoms. The van der Waals surface area contributed by atoms with Crippen LogP contribution >= 0.6 is 23.2 Å². The van der Waals surface area contributed by atoms with E-state index < -0.39 is 6.04 Å². The summed E-state index contributed by atoms with van der Waals surface area (Å²) in [5, 5.41) is 3.88. The van der Waals surface area contributed by atoms with E-state index in [1.807, 2.05) is 45.0 Å². The zero-order valence-electron chi connectivity index (χ0n) is 17.7. The van der Waals surface area contributed by atoms with Crippen molar-refractivity contribution < 1.29 is 14.3 Å². The molecular formula is C23H28Cl2N2O3. The molecule has 2 atom stereocenters. The SMILES string of the molecule is CC[C@H](C)NC(=O)[C@@H](C)N(Cc1ccc(Cl)cc1Cl)C(=O)COc1ccccc1C. The summed E-state index contributed by atoms with van der Waals surface area (Å²) in [6.07, 6.45) is 0.797. The van der Waals surface area contributed by atoms with Gasteiger partial charge in [0.15, 0.2) is 6.61 Å². The number of hydrogen-bond donors (Lipinski definition) is 1. The van der Waals surface area contributed by atoms with E-state index in [1.54, 1.807) is 25.1 Å². The lowest BCUT2D eigenvalue weighted by Gasteiger charge is -2.30. The second-order valence-electron chi connectivity index (χ2n) is 7.31. The number of rotatable bonds is 9. The standard InChI is InChI=1S/C23H28Cl2N2O3/c1-5-16(3)26-23(29)17(4)27(13-18-10-11-19(24)12-20(18)25)22(28)14-30-21-9-7-6-8-15(21)2/h6-12,16-17H,5,13-14H2,1-4H3,(H,26,29)/t16-,17+/m0/s1. The monoisotopic (exact) mass is 450 g/mol. The first kappa shape index (κ1) is 24.0. The molecule has 0 aliphatic carbocycles. The third-order valence-corrected chi connectivity index (χ3v) is 5.56. The van der Waals surface area contributed by atoms with Gasteiger partial charge in [-0.2, -0.15) is 0 Å². The summed E-state index contributed by atoms with van der Waals surface area (Å²) in [4.78, 5) is 27.3. The molecular weight excluding hydrogens is 423 g/mol. The Morgan fingerprint density at radius 1 is 1.13 bits per heavy atom. The molecule has 0 saturated carbocycles. The molecule has 0 unspecified atom stereocenters. The van der Waals surface area contributed by atoms with Crippen LogP contribution in [0.1, 0.15) is 38.3 Å². The average Bonchev–Trinajstić information content (AvgIpc) is 2.71. The van der Waals surface area contributed by atoms with Gasteiger partial charge in [-0.25, -0.2) is 0 Å². The lowest BCUT2D eigenvalue weighted by Crippen LogP contribution is -2.50. The number of nitrogens with zero attached hydrogens (tertiary/aromatic N) is 1. The Morgan fingerprint density at radius 2 is 1.83 bits per heavy atom. The van der Waals surface area contributed by atoms with E-state index in [1.165, 1.54) is 4.90 Å². The Balaban J connectivity index is 2.21. The maximum absolute atomic E-state index is 13.1. The topological polar surface area (TPSA) is 58.6 Å². The van der Waals surface area contributed by atoms with Gasteiger partial charge in [-0.05, 0) is 56.5 Å². The molecule has 0 aliphatic rings. The van der Waals surface area contributed by atoms with Crippen molar-refractivity contribution in [1.82, 2.24) is 10.2 Å². The first-order valence-electron chi connectivity index (χ1n) is 9.95. The molecule has 5 nitrogen and oxygen atoms in total. The van der Waals surface area contributed by atoms with Gasteiger partial charge < -0.3 is 15.0 Å². The van der Waals surface area contributed by atoms with Gasteiger partial charge in [0.2, 0.25) is 5.91 Å². The summed E-state index contributed by atoms with van der Waals surface area (Å²) in [5.41, 5.74) is 1.63. The first-order valence-corrected chi connectivity index (χ1v) is 10.7. The number of carbonyl (C=O) groups excluding carboxylic acids is 2.